The smallest absolute Gasteiger partial charge is 0.252 e. The first-order valence-electron chi connectivity index (χ1n) is 9.43. The summed E-state index contributed by atoms with van der Waals surface area (Å²) in [5.41, 5.74) is 0.178. The SMILES string of the molecule is O=C(NCc1cccs1)c1cc(=O)[nH]c2ccc(S(=O)(=O)N3CCCCC3)cc12. The van der Waals surface area contributed by atoms with E-state index < -0.39 is 21.5 Å². The Morgan fingerprint density at radius 2 is 1.93 bits per heavy atom. The molecule has 1 amide bonds. The quantitative estimate of drug-likeness (QED) is 0.649. The Kier molecular flexibility index (Phi) is 5.53. The summed E-state index contributed by atoms with van der Waals surface area (Å²) in [5, 5.41) is 5.13. The molecule has 0 radical (unpaired) electrons. The number of aromatic nitrogens is 1. The lowest BCUT2D eigenvalue weighted by Gasteiger charge is -2.26. The number of piperidine rings is 1. The highest BCUT2D eigenvalue weighted by Crippen LogP contribution is 2.25. The van der Waals surface area contributed by atoms with Gasteiger partial charge in [-0.2, -0.15) is 4.31 Å². The second kappa shape index (κ2) is 8.10. The molecule has 152 valence electrons. The third-order valence-corrected chi connectivity index (χ3v) is 7.79. The van der Waals surface area contributed by atoms with Gasteiger partial charge in [0.05, 0.1) is 17.0 Å². The number of nitrogens with one attached hydrogen (secondary N) is 2. The summed E-state index contributed by atoms with van der Waals surface area (Å²) < 4.78 is 27.5. The van der Waals surface area contributed by atoms with Crippen LogP contribution in [0.25, 0.3) is 10.9 Å². The van der Waals surface area contributed by atoms with Gasteiger partial charge in [0.2, 0.25) is 15.6 Å². The summed E-state index contributed by atoms with van der Waals surface area (Å²) in [7, 11) is -3.64. The van der Waals surface area contributed by atoms with E-state index in [4.69, 9.17) is 0 Å². The van der Waals surface area contributed by atoms with Crippen LogP contribution in [0.2, 0.25) is 0 Å². The topological polar surface area (TPSA) is 99.3 Å². The molecule has 0 spiro atoms. The first-order valence-corrected chi connectivity index (χ1v) is 11.7. The van der Waals surface area contributed by atoms with E-state index >= 15 is 0 Å². The molecular formula is C20H21N3O4S2. The minimum Gasteiger partial charge on any atom is -0.347 e. The zero-order valence-corrected chi connectivity index (χ0v) is 17.3. The van der Waals surface area contributed by atoms with Gasteiger partial charge in [-0.25, -0.2) is 8.42 Å². The van der Waals surface area contributed by atoms with E-state index in [1.165, 1.54) is 33.8 Å². The van der Waals surface area contributed by atoms with Crippen molar-refractivity contribution in [3.8, 4) is 0 Å². The van der Waals surface area contributed by atoms with E-state index in [0.29, 0.717) is 30.5 Å². The van der Waals surface area contributed by atoms with Gasteiger partial charge in [0.15, 0.2) is 0 Å². The highest BCUT2D eigenvalue weighted by molar-refractivity contribution is 7.89. The fraction of sp³-hybridized carbons (Fsp3) is 0.300. The second-order valence-corrected chi connectivity index (χ2v) is 9.95. The minimum atomic E-state index is -3.64. The maximum absolute atomic E-state index is 13.0. The Morgan fingerprint density at radius 3 is 2.66 bits per heavy atom. The molecule has 7 nitrogen and oxygen atoms in total. The van der Waals surface area contributed by atoms with Gasteiger partial charge in [-0.15, -0.1) is 11.3 Å². The summed E-state index contributed by atoms with van der Waals surface area (Å²) >= 11 is 1.52. The normalized spacial score (nSPS) is 15.4. The van der Waals surface area contributed by atoms with Gasteiger partial charge in [0, 0.05) is 34.9 Å². The summed E-state index contributed by atoms with van der Waals surface area (Å²) in [5.74, 6) is -0.415. The molecule has 1 fully saturated rings. The van der Waals surface area contributed by atoms with Gasteiger partial charge in [-0.1, -0.05) is 12.5 Å². The average molecular weight is 432 g/mol. The van der Waals surface area contributed by atoms with Crippen LogP contribution in [0.4, 0.5) is 0 Å². The monoisotopic (exact) mass is 431 g/mol. The highest BCUT2D eigenvalue weighted by atomic mass is 32.2. The van der Waals surface area contributed by atoms with Crippen molar-refractivity contribution in [1.29, 1.82) is 0 Å². The van der Waals surface area contributed by atoms with Crippen molar-refractivity contribution in [3.63, 3.8) is 0 Å². The predicted octanol–water partition coefficient (Wildman–Crippen LogP) is 2.69. The Labute approximate surface area is 172 Å². The van der Waals surface area contributed by atoms with Crippen LogP contribution in [-0.4, -0.2) is 36.7 Å². The van der Waals surface area contributed by atoms with Gasteiger partial charge in [0.25, 0.3) is 5.91 Å². The average Bonchev–Trinajstić information content (AvgIpc) is 3.25. The molecule has 29 heavy (non-hydrogen) atoms. The number of sulfonamides is 1. The summed E-state index contributed by atoms with van der Waals surface area (Å²) in [6, 6.07) is 9.52. The maximum atomic E-state index is 13.0. The lowest BCUT2D eigenvalue weighted by Crippen LogP contribution is -2.35. The van der Waals surface area contributed by atoms with Gasteiger partial charge in [0.1, 0.15) is 0 Å². The van der Waals surface area contributed by atoms with Gasteiger partial charge >= 0.3 is 0 Å². The molecular weight excluding hydrogens is 410 g/mol. The number of thiophene rings is 1. The maximum Gasteiger partial charge on any atom is 0.252 e. The summed E-state index contributed by atoms with van der Waals surface area (Å²) in [4.78, 5) is 28.5. The van der Waals surface area contributed by atoms with Crippen LogP contribution in [-0.2, 0) is 16.6 Å². The zero-order valence-electron chi connectivity index (χ0n) is 15.7. The van der Waals surface area contributed by atoms with Crippen molar-refractivity contribution >= 4 is 38.2 Å². The Morgan fingerprint density at radius 1 is 1.14 bits per heavy atom. The van der Waals surface area contributed by atoms with Crippen LogP contribution in [0.15, 0.2) is 51.5 Å². The number of carbonyl (C=O) groups is 1. The molecule has 2 N–H and O–H groups in total. The van der Waals surface area contributed by atoms with Crippen LogP contribution in [0.5, 0.6) is 0 Å². The van der Waals surface area contributed by atoms with E-state index in [0.717, 1.165) is 24.1 Å². The molecule has 0 atom stereocenters. The Hall–Kier alpha value is -2.49. The van der Waals surface area contributed by atoms with Crippen LogP contribution >= 0.6 is 11.3 Å². The Balaban J connectivity index is 1.71. The zero-order chi connectivity index (χ0) is 20.4. The van der Waals surface area contributed by atoms with Gasteiger partial charge in [-0.3, -0.25) is 9.59 Å². The third kappa shape index (κ3) is 4.12. The molecule has 0 unspecified atom stereocenters. The first-order chi connectivity index (χ1) is 13.9. The van der Waals surface area contributed by atoms with E-state index in [2.05, 4.69) is 10.3 Å². The molecule has 0 aliphatic carbocycles. The number of hydrogen-bond acceptors (Lipinski definition) is 5. The van der Waals surface area contributed by atoms with E-state index in [9.17, 15) is 18.0 Å². The standard InChI is InChI=1S/C20H21N3O4S2/c24-19-12-17(20(25)21-13-14-5-4-10-28-14)16-11-15(6-7-18(16)22-19)29(26,27)23-8-2-1-3-9-23/h4-7,10-12H,1-3,8-9,13H2,(H,21,25)(H,22,24). The van der Waals surface area contributed by atoms with Crippen molar-refractivity contribution in [2.45, 2.75) is 30.7 Å². The van der Waals surface area contributed by atoms with E-state index in [-0.39, 0.29) is 10.5 Å². The largest absolute Gasteiger partial charge is 0.347 e. The van der Waals surface area contributed by atoms with E-state index in [1.54, 1.807) is 6.07 Å². The lowest BCUT2D eigenvalue weighted by atomic mass is 10.1. The van der Waals surface area contributed by atoms with Crippen molar-refractivity contribution in [1.82, 2.24) is 14.6 Å². The van der Waals surface area contributed by atoms with Gasteiger partial charge in [-0.05, 0) is 42.5 Å². The number of aromatic amines is 1. The molecule has 3 heterocycles. The molecule has 1 aliphatic rings. The number of fused-ring (bicyclic) bond motifs is 1. The van der Waals surface area contributed by atoms with Crippen LogP contribution in [0.1, 0.15) is 34.5 Å². The van der Waals surface area contributed by atoms with Crippen molar-refractivity contribution in [2.24, 2.45) is 0 Å². The number of rotatable bonds is 5. The molecule has 0 bridgehead atoms. The summed E-state index contributed by atoms with van der Waals surface area (Å²) in [6.45, 7) is 1.34. The number of pyridine rings is 1. The Bertz CT molecular complexity index is 1190. The number of amides is 1. The predicted molar refractivity (Wildman–Crippen MR) is 113 cm³/mol. The molecule has 0 saturated carbocycles. The first kappa shape index (κ1) is 19.8. The molecule has 4 rings (SSSR count). The lowest BCUT2D eigenvalue weighted by molar-refractivity contribution is 0.0952. The number of H-pyrrole nitrogens is 1. The number of nitrogens with zero attached hydrogens (tertiary/aromatic N) is 1. The fourth-order valence-corrected chi connectivity index (χ4v) is 5.70. The molecule has 1 saturated heterocycles. The molecule has 1 aliphatic heterocycles. The minimum absolute atomic E-state index is 0.131. The van der Waals surface area contributed by atoms with Crippen molar-refractivity contribution in [3.05, 3.63) is 62.6 Å². The van der Waals surface area contributed by atoms with Crippen LogP contribution in [0.3, 0.4) is 0 Å². The summed E-state index contributed by atoms with van der Waals surface area (Å²) in [6.07, 6.45) is 2.71. The number of hydrogen-bond donors (Lipinski definition) is 2. The van der Waals surface area contributed by atoms with Gasteiger partial charge < -0.3 is 10.3 Å². The fourth-order valence-electron chi connectivity index (χ4n) is 3.51. The van der Waals surface area contributed by atoms with Crippen LogP contribution < -0.4 is 10.9 Å². The number of benzene rings is 1. The number of carbonyl (C=O) groups excluding carboxylic acids is 1. The molecule has 2 aromatic heterocycles. The highest BCUT2D eigenvalue weighted by Gasteiger charge is 2.26. The molecule has 3 aromatic rings. The van der Waals surface area contributed by atoms with E-state index in [1.807, 2.05) is 17.5 Å². The third-order valence-electron chi connectivity index (χ3n) is 5.02. The molecule has 9 heteroatoms. The van der Waals surface area contributed by atoms with Crippen LogP contribution in [0, 0.1) is 0 Å². The molecule has 1 aromatic carbocycles. The second-order valence-electron chi connectivity index (χ2n) is 6.98. The van der Waals surface area contributed by atoms with Crippen molar-refractivity contribution in [2.75, 3.05) is 13.1 Å². The van der Waals surface area contributed by atoms with Crippen molar-refractivity contribution < 1.29 is 13.2 Å².